The molecule has 0 unspecified atom stereocenters. The zero-order valence-electron chi connectivity index (χ0n) is 18.7. The summed E-state index contributed by atoms with van der Waals surface area (Å²) in [6.45, 7) is 6.65. The van der Waals surface area contributed by atoms with Gasteiger partial charge in [0, 0.05) is 30.7 Å². The first-order valence-corrected chi connectivity index (χ1v) is 11.3. The van der Waals surface area contributed by atoms with Gasteiger partial charge >= 0.3 is 0 Å². The molecule has 0 radical (unpaired) electrons. The topological polar surface area (TPSA) is 67.6 Å². The summed E-state index contributed by atoms with van der Waals surface area (Å²) in [5.41, 5.74) is 5.08. The Morgan fingerprint density at radius 1 is 1.06 bits per heavy atom. The molecule has 6 nitrogen and oxygen atoms in total. The summed E-state index contributed by atoms with van der Waals surface area (Å²) in [6.07, 6.45) is 2.59. The van der Waals surface area contributed by atoms with Crippen molar-refractivity contribution in [2.45, 2.75) is 13.3 Å². The second-order valence-electron chi connectivity index (χ2n) is 8.41. The van der Waals surface area contributed by atoms with E-state index in [0.29, 0.717) is 17.0 Å². The Morgan fingerprint density at radius 2 is 1.88 bits per heavy atom. The summed E-state index contributed by atoms with van der Waals surface area (Å²) >= 11 is 0. The maximum atomic E-state index is 13.3. The highest BCUT2D eigenvalue weighted by molar-refractivity contribution is 6.13. The number of carbonyl (C=O) groups is 1. The van der Waals surface area contributed by atoms with E-state index >= 15 is 0 Å². The van der Waals surface area contributed by atoms with Crippen LogP contribution in [0.2, 0.25) is 0 Å². The summed E-state index contributed by atoms with van der Waals surface area (Å²) in [5.74, 6) is 0.470. The van der Waals surface area contributed by atoms with E-state index in [1.165, 1.54) is 5.56 Å². The van der Waals surface area contributed by atoms with Gasteiger partial charge in [0.15, 0.2) is 5.76 Å². The third-order valence-corrected chi connectivity index (χ3v) is 6.01. The summed E-state index contributed by atoms with van der Waals surface area (Å²) < 4.78 is 10.9. The van der Waals surface area contributed by atoms with E-state index in [4.69, 9.17) is 14.1 Å². The molecule has 1 N–H and O–H groups in total. The number of furan rings is 1. The lowest BCUT2D eigenvalue weighted by Crippen LogP contribution is -2.37. The van der Waals surface area contributed by atoms with E-state index in [1.807, 2.05) is 49.4 Å². The number of hydrogen-bond donors (Lipinski definition) is 1. The molecule has 3 heterocycles. The second-order valence-corrected chi connectivity index (χ2v) is 8.41. The van der Waals surface area contributed by atoms with Gasteiger partial charge in [0.1, 0.15) is 5.69 Å². The third kappa shape index (κ3) is 4.97. The lowest BCUT2D eigenvalue weighted by molar-refractivity contribution is 0.0384. The number of aryl methyl sites for hydroxylation is 1. The average Bonchev–Trinajstić information content (AvgIpc) is 3.39. The fourth-order valence-electron chi connectivity index (χ4n) is 4.14. The molecule has 0 bridgehead atoms. The molecule has 0 spiro atoms. The van der Waals surface area contributed by atoms with Gasteiger partial charge in [0.05, 0.1) is 30.6 Å². The van der Waals surface area contributed by atoms with Crippen molar-refractivity contribution in [3.05, 3.63) is 83.6 Å². The molecule has 6 heteroatoms. The highest BCUT2D eigenvalue weighted by atomic mass is 16.5. The van der Waals surface area contributed by atoms with Gasteiger partial charge in [-0.3, -0.25) is 9.69 Å². The first kappa shape index (κ1) is 21.4. The molecule has 0 atom stereocenters. The van der Waals surface area contributed by atoms with E-state index in [-0.39, 0.29) is 5.91 Å². The predicted molar refractivity (Wildman–Crippen MR) is 130 cm³/mol. The number of nitrogens with zero attached hydrogens (tertiary/aromatic N) is 2. The van der Waals surface area contributed by atoms with Gasteiger partial charge in [0.2, 0.25) is 0 Å². The van der Waals surface area contributed by atoms with Gasteiger partial charge in [0.25, 0.3) is 5.91 Å². The van der Waals surface area contributed by atoms with Crippen molar-refractivity contribution in [3.8, 4) is 11.5 Å². The third-order valence-electron chi connectivity index (χ3n) is 6.01. The number of fused-ring (bicyclic) bond motifs is 1. The van der Waals surface area contributed by atoms with Crippen LogP contribution in [0.1, 0.15) is 21.5 Å². The number of ether oxygens (including phenoxy) is 1. The van der Waals surface area contributed by atoms with Crippen molar-refractivity contribution in [2.24, 2.45) is 0 Å². The lowest BCUT2D eigenvalue weighted by atomic mass is 10.0. The van der Waals surface area contributed by atoms with Crippen LogP contribution < -0.4 is 5.32 Å². The quantitative estimate of drug-likeness (QED) is 0.460. The van der Waals surface area contributed by atoms with Gasteiger partial charge in [-0.2, -0.15) is 0 Å². The van der Waals surface area contributed by atoms with E-state index in [0.717, 1.165) is 61.4 Å². The van der Waals surface area contributed by atoms with Crippen LogP contribution in [0.3, 0.4) is 0 Å². The Labute approximate surface area is 193 Å². The highest BCUT2D eigenvalue weighted by Crippen LogP contribution is 2.27. The number of rotatable bonds is 6. The first-order chi connectivity index (χ1) is 16.2. The fourth-order valence-corrected chi connectivity index (χ4v) is 4.14. The molecule has 168 valence electrons. The molecule has 1 saturated heterocycles. The summed E-state index contributed by atoms with van der Waals surface area (Å²) in [5, 5.41) is 3.87. The van der Waals surface area contributed by atoms with Crippen LogP contribution in [0.15, 0.2) is 71.3 Å². The van der Waals surface area contributed by atoms with Gasteiger partial charge < -0.3 is 14.5 Å². The van der Waals surface area contributed by atoms with Crippen molar-refractivity contribution < 1.29 is 13.9 Å². The zero-order chi connectivity index (χ0) is 22.6. The number of carbonyl (C=O) groups excluding carboxylic acids is 1. The Kier molecular flexibility index (Phi) is 6.19. The Bertz CT molecular complexity index is 1240. The molecule has 33 heavy (non-hydrogen) atoms. The predicted octanol–water partition coefficient (Wildman–Crippen LogP) is 4.93. The van der Waals surface area contributed by atoms with E-state index < -0.39 is 0 Å². The number of benzene rings is 2. The molecule has 1 amide bonds. The molecule has 0 aliphatic carbocycles. The summed E-state index contributed by atoms with van der Waals surface area (Å²) in [4.78, 5) is 20.4. The van der Waals surface area contributed by atoms with Crippen molar-refractivity contribution in [3.63, 3.8) is 0 Å². The van der Waals surface area contributed by atoms with Crippen molar-refractivity contribution in [1.29, 1.82) is 0 Å². The second kappa shape index (κ2) is 9.57. The van der Waals surface area contributed by atoms with Crippen LogP contribution in [-0.4, -0.2) is 48.6 Å². The monoisotopic (exact) mass is 441 g/mol. The zero-order valence-corrected chi connectivity index (χ0v) is 18.7. The summed E-state index contributed by atoms with van der Waals surface area (Å²) in [6, 6.07) is 19.5. The van der Waals surface area contributed by atoms with Gasteiger partial charge in [-0.25, -0.2) is 4.98 Å². The number of hydrogen-bond acceptors (Lipinski definition) is 5. The summed E-state index contributed by atoms with van der Waals surface area (Å²) in [7, 11) is 0. The van der Waals surface area contributed by atoms with Crippen molar-refractivity contribution in [1.82, 2.24) is 9.88 Å². The number of nitrogens with one attached hydrogen (secondary N) is 1. The molecule has 0 saturated carbocycles. The standard InChI is InChI=1S/C27H27N3O3/c1-19-4-9-24-22(17-19)23(18-25(29-24)26-3-2-14-33-26)27(31)28-21-7-5-20(6-8-21)10-11-30-12-15-32-16-13-30/h2-9,14,17-18H,10-13,15-16H2,1H3,(H,28,31). The van der Waals surface area contributed by atoms with Crippen LogP contribution >= 0.6 is 0 Å². The minimum Gasteiger partial charge on any atom is -0.463 e. The Balaban J connectivity index is 1.34. The van der Waals surface area contributed by atoms with Gasteiger partial charge in [-0.1, -0.05) is 23.8 Å². The maximum absolute atomic E-state index is 13.3. The van der Waals surface area contributed by atoms with Crippen LogP contribution in [0, 0.1) is 6.92 Å². The maximum Gasteiger partial charge on any atom is 0.256 e. The molecule has 1 aliphatic rings. The smallest absolute Gasteiger partial charge is 0.256 e. The number of amides is 1. The largest absolute Gasteiger partial charge is 0.463 e. The van der Waals surface area contributed by atoms with Crippen molar-refractivity contribution in [2.75, 3.05) is 38.2 Å². The Morgan fingerprint density at radius 3 is 2.64 bits per heavy atom. The fraction of sp³-hybridized carbons (Fsp3) is 0.259. The molecule has 5 rings (SSSR count). The molecule has 2 aromatic heterocycles. The SMILES string of the molecule is Cc1ccc2nc(-c3ccco3)cc(C(=O)Nc3ccc(CCN4CCOCC4)cc3)c2c1. The molecule has 2 aromatic carbocycles. The van der Waals surface area contributed by atoms with Crippen LogP contribution in [0.5, 0.6) is 0 Å². The van der Waals surface area contributed by atoms with Crippen molar-refractivity contribution >= 4 is 22.5 Å². The van der Waals surface area contributed by atoms with Gasteiger partial charge in [-0.15, -0.1) is 0 Å². The minimum atomic E-state index is -0.165. The lowest BCUT2D eigenvalue weighted by Gasteiger charge is -2.26. The van der Waals surface area contributed by atoms with E-state index in [1.54, 1.807) is 12.3 Å². The van der Waals surface area contributed by atoms with Crippen LogP contribution in [-0.2, 0) is 11.2 Å². The molecule has 4 aromatic rings. The van der Waals surface area contributed by atoms with Crippen LogP contribution in [0.25, 0.3) is 22.4 Å². The molecule has 1 fully saturated rings. The van der Waals surface area contributed by atoms with Gasteiger partial charge in [-0.05, 0) is 61.4 Å². The minimum absolute atomic E-state index is 0.165. The molecule has 1 aliphatic heterocycles. The number of morpholine rings is 1. The number of aromatic nitrogens is 1. The van der Waals surface area contributed by atoms with Crippen LogP contribution in [0.4, 0.5) is 5.69 Å². The number of anilines is 1. The normalized spacial score (nSPS) is 14.5. The highest BCUT2D eigenvalue weighted by Gasteiger charge is 2.16. The molecular formula is C27H27N3O3. The first-order valence-electron chi connectivity index (χ1n) is 11.3. The van der Waals surface area contributed by atoms with E-state index in [9.17, 15) is 4.79 Å². The Hall–Kier alpha value is -3.48. The number of pyridine rings is 1. The average molecular weight is 442 g/mol. The molecular weight excluding hydrogens is 414 g/mol. The van der Waals surface area contributed by atoms with E-state index in [2.05, 4.69) is 22.3 Å².